The standard InChI is InChI=1S/C18H14N2O/c1-21-17-4-2-3-14(11-17)15-6-5-13-7-8-16-9-10-19-20(16)18(13)12-15/h2-12H,1H3. The second-order valence-corrected chi connectivity index (χ2v) is 5.01. The van der Waals surface area contributed by atoms with Gasteiger partial charge < -0.3 is 4.74 Å². The van der Waals surface area contributed by atoms with Gasteiger partial charge in [0.25, 0.3) is 0 Å². The monoisotopic (exact) mass is 274 g/mol. The highest BCUT2D eigenvalue weighted by molar-refractivity contribution is 5.87. The molecule has 0 unspecified atom stereocenters. The van der Waals surface area contributed by atoms with Gasteiger partial charge in [0.2, 0.25) is 0 Å². The summed E-state index contributed by atoms with van der Waals surface area (Å²) in [5, 5.41) is 5.59. The van der Waals surface area contributed by atoms with Crippen molar-refractivity contribution in [2.45, 2.75) is 0 Å². The second-order valence-electron chi connectivity index (χ2n) is 5.01. The van der Waals surface area contributed by atoms with Crippen LogP contribution < -0.4 is 4.74 Å². The SMILES string of the molecule is COc1cccc(-c2ccc3ccc4ccnn4c3c2)c1. The van der Waals surface area contributed by atoms with Gasteiger partial charge in [-0.05, 0) is 41.5 Å². The Hall–Kier alpha value is -2.81. The number of aromatic nitrogens is 2. The summed E-state index contributed by atoms with van der Waals surface area (Å²) in [6.07, 6.45) is 1.83. The fourth-order valence-electron chi connectivity index (χ4n) is 2.67. The van der Waals surface area contributed by atoms with E-state index in [0.29, 0.717) is 0 Å². The van der Waals surface area contributed by atoms with Gasteiger partial charge in [-0.3, -0.25) is 0 Å². The van der Waals surface area contributed by atoms with Crippen LogP contribution in [0.4, 0.5) is 0 Å². The molecule has 4 aromatic rings. The minimum Gasteiger partial charge on any atom is -0.497 e. The normalized spacial score (nSPS) is 11.1. The maximum Gasteiger partial charge on any atom is 0.119 e. The third-order valence-electron chi connectivity index (χ3n) is 3.77. The third kappa shape index (κ3) is 1.94. The molecule has 0 saturated heterocycles. The van der Waals surface area contributed by atoms with Gasteiger partial charge in [0.1, 0.15) is 5.75 Å². The molecule has 0 fully saturated rings. The average molecular weight is 274 g/mol. The minimum atomic E-state index is 0.866. The van der Waals surface area contributed by atoms with Gasteiger partial charge in [-0.15, -0.1) is 0 Å². The molecule has 0 aliphatic heterocycles. The van der Waals surface area contributed by atoms with E-state index in [-0.39, 0.29) is 0 Å². The molecule has 4 rings (SSSR count). The van der Waals surface area contributed by atoms with Crippen molar-refractivity contribution in [3.8, 4) is 16.9 Å². The Bertz CT molecular complexity index is 940. The second kappa shape index (κ2) is 4.63. The molecule has 0 bridgehead atoms. The topological polar surface area (TPSA) is 26.5 Å². The summed E-state index contributed by atoms with van der Waals surface area (Å²) in [6, 6.07) is 20.8. The lowest BCUT2D eigenvalue weighted by atomic mass is 10.0. The maximum absolute atomic E-state index is 5.30. The summed E-state index contributed by atoms with van der Waals surface area (Å²) in [4.78, 5) is 0. The van der Waals surface area contributed by atoms with Crippen LogP contribution in [0.1, 0.15) is 0 Å². The molecular formula is C18H14N2O. The number of hydrogen-bond donors (Lipinski definition) is 0. The van der Waals surface area contributed by atoms with Gasteiger partial charge >= 0.3 is 0 Å². The summed E-state index contributed by atoms with van der Waals surface area (Å²) in [6.45, 7) is 0. The molecule has 0 aliphatic carbocycles. The predicted octanol–water partition coefficient (Wildman–Crippen LogP) is 4.16. The predicted molar refractivity (Wildman–Crippen MR) is 84.7 cm³/mol. The van der Waals surface area contributed by atoms with Gasteiger partial charge in [0.05, 0.1) is 24.3 Å². The van der Waals surface area contributed by atoms with E-state index in [4.69, 9.17) is 4.74 Å². The zero-order chi connectivity index (χ0) is 14.2. The highest BCUT2D eigenvalue weighted by Crippen LogP contribution is 2.27. The summed E-state index contributed by atoms with van der Waals surface area (Å²) >= 11 is 0. The molecular weight excluding hydrogens is 260 g/mol. The highest BCUT2D eigenvalue weighted by atomic mass is 16.5. The molecule has 2 heterocycles. The van der Waals surface area contributed by atoms with Crippen LogP contribution in [0.25, 0.3) is 27.5 Å². The van der Waals surface area contributed by atoms with E-state index in [2.05, 4.69) is 41.5 Å². The van der Waals surface area contributed by atoms with E-state index in [9.17, 15) is 0 Å². The number of methoxy groups -OCH3 is 1. The van der Waals surface area contributed by atoms with Crippen LogP contribution in [0.5, 0.6) is 5.75 Å². The van der Waals surface area contributed by atoms with Crippen molar-refractivity contribution in [1.82, 2.24) is 9.61 Å². The number of fused-ring (bicyclic) bond motifs is 3. The summed E-state index contributed by atoms with van der Waals surface area (Å²) in [5.41, 5.74) is 4.51. The van der Waals surface area contributed by atoms with Gasteiger partial charge in [-0.2, -0.15) is 5.10 Å². The van der Waals surface area contributed by atoms with Crippen molar-refractivity contribution < 1.29 is 4.74 Å². The van der Waals surface area contributed by atoms with Crippen LogP contribution in [0.2, 0.25) is 0 Å². The molecule has 3 nitrogen and oxygen atoms in total. The first kappa shape index (κ1) is 12.0. The first-order valence-electron chi connectivity index (χ1n) is 6.86. The molecule has 0 spiro atoms. The quantitative estimate of drug-likeness (QED) is 0.548. The van der Waals surface area contributed by atoms with E-state index in [0.717, 1.165) is 27.9 Å². The van der Waals surface area contributed by atoms with Gasteiger partial charge in [-0.25, -0.2) is 4.52 Å². The lowest BCUT2D eigenvalue weighted by Crippen LogP contribution is -1.90. The Morgan fingerprint density at radius 2 is 1.76 bits per heavy atom. The molecule has 0 amide bonds. The maximum atomic E-state index is 5.30. The Morgan fingerprint density at radius 1 is 0.905 bits per heavy atom. The van der Waals surface area contributed by atoms with Crippen molar-refractivity contribution in [2.24, 2.45) is 0 Å². The molecule has 102 valence electrons. The van der Waals surface area contributed by atoms with Crippen molar-refractivity contribution in [2.75, 3.05) is 7.11 Å². The lowest BCUT2D eigenvalue weighted by Gasteiger charge is -2.07. The lowest BCUT2D eigenvalue weighted by molar-refractivity contribution is 0.415. The summed E-state index contributed by atoms with van der Waals surface area (Å²) in [5.74, 6) is 0.866. The minimum absolute atomic E-state index is 0.866. The number of hydrogen-bond acceptors (Lipinski definition) is 2. The van der Waals surface area contributed by atoms with Crippen LogP contribution in [0, 0.1) is 0 Å². The van der Waals surface area contributed by atoms with Gasteiger partial charge in [0.15, 0.2) is 0 Å². The van der Waals surface area contributed by atoms with Gasteiger partial charge in [-0.1, -0.05) is 30.3 Å². The smallest absolute Gasteiger partial charge is 0.119 e. The van der Waals surface area contributed by atoms with Crippen molar-refractivity contribution in [3.05, 3.63) is 66.9 Å². The molecule has 2 aromatic heterocycles. The molecule has 0 radical (unpaired) electrons. The first-order chi connectivity index (χ1) is 10.3. The number of benzene rings is 2. The van der Waals surface area contributed by atoms with E-state index in [1.165, 1.54) is 5.39 Å². The van der Waals surface area contributed by atoms with Crippen LogP contribution in [-0.2, 0) is 0 Å². The van der Waals surface area contributed by atoms with E-state index >= 15 is 0 Å². The summed E-state index contributed by atoms with van der Waals surface area (Å²) in [7, 11) is 1.69. The van der Waals surface area contributed by atoms with Crippen molar-refractivity contribution in [1.29, 1.82) is 0 Å². The fourth-order valence-corrected chi connectivity index (χ4v) is 2.67. The fraction of sp³-hybridized carbons (Fsp3) is 0.0556. The average Bonchev–Trinajstić information content (AvgIpc) is 3.03. The van der Waals surface area contributed by atoms with Crippen LogP contribution in [0.3, 0.4) is 0 Å². The highest BCUT2D eigenvalue weighted by Gasteiger charge is 2.04. The molecule has 3 heteroatoms. The Morgan fingerprint density at radius 3 is 2.67 bits per heavy atom. The largest absolute Gasteiger partial charge is 0.497 e. The van der Waals surface area contributed by atoms with Crippen LogP contribution >= 0.6 is 0 Å². The van der Waals surface area contributed by atoms with E-state index < -0.39 is 0 Å². The number of rotatable bonds is 2. The molecule has 0 aliphatic rings. The molecule has 0 atom stereocenters. The zero-order valence-electron chi connectivity index (χ0n) is 11.7. The zero-order valence-corrected chi connectivity index (χ0v) is 11.7. The molecule has 0 saturated carbocycles. The van der Waals surface area contributed by atoms with Crippen LogP contribution in [-0.4, -0.2) is 16.7 Å². The van der Waals surface area contributed by atoms with Crippen molar-refractivity contribution in [3.63, 3.8) is 0 Å². The number of pyridine rings is 1. The molecule has 2 aromatic carbocycles. The Kier molecular flexibility index (Phi) is 2.64. The summed E-state index contributed by atoms with van der Waals surface area (Å²) < 4.78 is 7.28. The Labute approximate surface area is 122 Å². The van der Waals surface area contributed by atoms with Gasteiger partial charge in [0, 0.05) is 5.39 Å². The van der Waals surface area contributed by atoms with E-state index in [1.807, 2.05) is 35.0 Å². The Balaban J connectivity index is 1.96. The van der Waals surface area contributed by atoms with Crippen molar-refractivity contribution >= 4 is 16.4 Å². The molecule has 21 heavy (non-hydrogen) atoms. The number of ether oxygens (including phenoxy) is 1. The number of nitrogens with zero attached hydrogens (tertiary/aromatic N) is 2. The third-order valence-corrected chi connectivity index (χ3v) is 3.77. The van der Waals surface area contributed by atoms with Crippen LogP contribution in [0.15, 0.2) is 66.9 Å². The van der Waals surface area contributed by atoms with E-state index in [1.54, 1.807) is 7.11 Å². The molecule has 0 N–H and O–H groups in total. The first-order valence-corrected chi connectivity index (χ1v) is 6.86.